The Bertz CT molecular complexity index is 332. The first-order chi connectivity index (χ1) is 6.12. The van der Waals surface area contributed by atoms with Crippen LogP contribution in [-0.2, 0) is 5.54 Å². The van der Waals surface area contributed by atoms with Crippen LogP contribution in [0, 0.1) is 11.6 Å². The Morgan fingerprint density at radius 3 is 2.38 bits per heavy atom. The van der Waals surface area contributed by atoms with Gasteiger partial charge in [0.1, 0.15) is 11.6 Å². The average Bonchev–Trinajstić information content (AvgIpc) is 2.00. The number of halogens is 2. The second-order valence-corrected chi connectivity index (χ2v) is 3.63. The zero-order valence-corrected chi connectivity index (χ0v) is 7.19. The first-order valence-electron chi connectivity index (χ1n) is 4.36. The molecule has 1 aliphatic carbocycles. The van der Waals surface area contributed by atoms with Crippen molar-refractivity contribution in [2.45, 2.75) is 24.8 Å². The van der Waals surface area contributed by atoms with Gasteiger partial charge in [-0.3, -0.25) is 0 Å². The van der Waals surface area contributed by atoms with Gasteiger partial charge in [-0.2, -0.15) is 0 Å². The third kappa shape index (κ3) is 1.33. The summed E-state index contributed by atoms with van der Waals surface area (Å²) in [6.07, 6.45) is 2.60. The molecule has 3 heteroatoms. The molecule has 70 valence electrons. The molecule has 1 aromatic carbocycles. The fraction of sp³-hybridized carbons (Fsp3) is 0.400. The second kappa shape index (κ2) is 2.77. The van der Waals surface area contributed by atoms with E-state index >= 15 is 0 Å². The smallest absolute Gasteiger partial charge is 0.131 e. The highest BCUT2D eigenvalue weighted by atomic mass is 19.1. The molecular formula is C10H11F2N. The SMILES string of the molecule is NC1(c2ccc(F)cc2F)CCC1. The lowest BCUT2D eigenvalue weighted by Gasteiger charge is -2.38. The normalized spacial score (nSPS) is 19.6. The lowest BCUT2D eigenvalue weighted by molar-refractivity contribution is 0.245. The maximum absolute atomic E-state index is 13.2. The zero-order chi connectivity index (χ0) is 9.47. The lowest BCUT2D eigenvalue weighted by atomic mass is 9.72. The van der Waals surface area contributed by atoms with Crippen molar-refractivity contribution >= 4 is 0 Å². The minimum Gasteiger partial charge on any atom is -0.321 e. The summed E-state index contributed by atoms with van der Waals surface area (Å²) in [7, 11) is 0. The van der Waals surface area contributed by atoms with E-state index in [9.17, 15) is 8.78 Å². The molecular weight excluding hydrogens is 172 g/mol. The molecule has 0 aliphatic heterocycles. The summed E-state index contributed by atoms with van der Waals surface area (Å²) in [5, 5.41) is 0. The molecule has 2 rings (SSSR count). The molecule has 0 saturated heterocycles. The fourth-order valence-electron chi connectivity index (χ4n) is 1.72. The minimum atomic E-state index is -0.552. The van der Waals surface area contributed by atoms with Gasteiger partial charge in [-0.25, -0.2) is 8.78 Å². The van der Waals surface area contributed by atoms with E-state index in [2.05, 4.69) is 0 Å². The van der Waals surface area contributed by atoms with Crippen molar-refractivity contribution in [3.63, 3.8) is 0 Å². The maximum atomic E-state index is 13.2. The summed E-state index contributed by atoms with van der Waals surface area (Å²) in [6, 6.07) is 3.59. The summed E-state index contributed by atoms with van der Waals surface area (Å²) in [6.45, 7) is 0. The topological polar surface area (TPSA) is 26.0 Å². The van der Waals surface area contributed by atoms with Crippen LogP contribution in [0.5, 0.6) is 0 Å². The molecule has 0 radical (unpaired) electrons. The van der Waals surface area contributed by atoms with Crippen molar-refractivity contribution in [2.24, 2.45) is 5.73 Å². The molecule has 0 heterocycles. The first kappa shape index (κ1) is 8.63. The van der Waals surface area contributed by atoms with Crippen molar-refractivity contribution in [3.05, 3.63) is 35.4 Å². The van der Waals surface area contributed by atoms with Gasteiger partial charge in [-0.1, -0.05) is 6.07 Å². The first-order valence-corrected chi connectivity index (χ1v) is 4.36. The molecule has 1 nitrogen and oxygen atoms in total. The highest BCUT2D eigenvalue weighted by Crippen LogP contribution is 2.39. The van der Waals surface area contributed by atoms with Crippen molar-refractivity contribution in [2.75, 3.05) is 0 Å². The zero-order valence-electron chi connectivity index (χ0n) is 7.19. The van der Waals surface area contributed by atoms with Crippen LogP contribution in [0.1, 0.15) is 24.8 Å². The number of nitrogens with two attached hydrogens (primary N) is 1. The number of hydrogen-bond acceptors (Lipinski definition) is 1. The van der Waals surface area contributed by atoms with Gasteiger partial charge in [-0.15, -0.1) is 0 Å². The molecule has 0 bridgehead atoms. The second-order valence-electron chi connectivity index (χ2n) is 3.63. The Kier molecular flexibility index (Phi) is 1.84. The molecule has 1 fully saturated rings. The van der Waals surface area contributed by atoms with Crippen LogP contribution >= 0.6 is 0 Å². The molecule has 1 saturated carbocycles. The Balaban J connectivity index is 2.40. The van der Waals surface area contributed by atoms with Gasteiger partial charge < -0.3 is 5.73 Å². The summed E-state index contributed by atoms with van der Waals surface area (Å²) < 4.78 is 25.8. The predicted molar refractivity (Wildman–Crippen MR) is 46.1 cm³/mol. The molecule has 0 unspecified atom stereocenters. The molecule has 0 spiro atoms. The third-order valence-electron chi connectivity index (χ3n) is 2.71. The highest BCUT2D eigenvalue weighted by molar-refractivity contribution is 5.28. The van der Waals surface area contributed by atoms with E-state index in [0.29, 0.717) is 5.56 Å². The van der Waals surface area contributed by atoms with Crippen LogP contribution in [0.25, 0.3) is 0 Å². The predicted octanol–water partition coefficient (Wildman–Crippen LogP) is 2.30. The van der Waals surface area contributed by atoms with Crippen molar-refractivity contribution in [1.82, 2.24) is 0 Å². The molecule has 1 aliphatic rings. The lowest BCUT2D eigenvalue weighted by Crippen LogP contribution is -2.44. The summed E-state index contributed by atoms with van der Waals surface area (Å²) in [5.74, 6) is -1.08. The van der Waals surface area contributed by atoms with Crippen LogP contribution in [0.15, 0.2) is 18.2 Å². The van der Waals surface area contributed by atoms with E-state index in [1.807, 2.05) is 0 Å². The van der Waals surface area contributed by atoms with Gasteiger partial charge in [0.25, 0.3) is 0 Å². The molecule has 0 atom stereocenters. The quantitative estimate of drug-likeness (QED) is 0.710. The van der Waals surface area contributed by atoms with Gasteiger partial charge in [0.05, 0.1) is 0 Å². The Labute approximate surface area is 75.6 Å². The number of hydrogen-bond donors (Lipinski definition) is 1. The van der Waals surface area contributed by atoms with E-state index in [4.69, 9.17) is 5.73 Å². The molecule has 0 amide bonds. The van der Waals surface area contributed by atoms with E-state index < -0.39 is 17.2 Å². The van der Waals surface area contributed by atoms with Gasteiger partial charge >= 0.3 is 0 Å². The largest absolute Gasteiger partial charge is 0.321 e. The number of benzene rings is 1. The number of rotatable bonds is 1. The highest BCUT2D eigenvalue weighted by Gasteiger charge is 2.36. The van der Waals surface area contributed by atoms with Gasteiger partial charge in [-0.05, 0) is 25.3 Å². The summed E-state index contributed by atoms with van der Waals surface area (Å²) in [5.41, 5.74) is 5.81. The molecule has 2 N–H and O–H groups in total. The van der Waals surface area contributed by atoms with Gasteiger partial charge in [0.15, 0.2) is 0 Å². The Morgan fingerprint density at radius 2 is 1.92 bits per heavy atom. The van der Waals surface area contributed by atoms with E-state index in [-0.39, 0.29) is 0 Å². The van der Waals surface area contributed by atoms with Gasteiger partial charge in [0, 0.05) is 17.2 Å². The van der Waals surface area contributed by atoms with E-state index in [0.717, 1.165) is 25.3 Å². The van der Waals surface area contributed by atoms with Gasteiger partial charge in [0.2, 0.25) is 0 Å². The average molecular weight is 183 g/mol. The van der Waals surface area contributed by atoms with Crippen LogP contribution in [0.3, 0.4) is 0 Å². The van der Waals surface area contributed by atoms with E-state index in [1.165, 1.54) is 12.1 Å². The van der Waals surface area contributed by atoms with Crippen molar-refractivity contribution in [3.8, 4) is 0 Å². The maximum Gasteiger partial charge on any atom is 0.131 e. The third-order valence-corrected chi connectivity index (χ3v) is 2.71. The van der Waals surface area contributed by atoms with Crippen LogP contribution < -0.4 is 5.73 Å². The van der Waals surface area contributed by atoms with Crippen LogP contribution in [0.2, 0.25) is 0 Å². The van der Waals surface area contributed by atoms with Crippen LogP contribution in [0.4, 0.5) is 8.78 Å². The fourth-order valence-corrected chi connectivity index (χ4v) is 1.72. The Morgan fingerprint density at radius 1 is 1.23 bits per heavy atom. The van der Waals surface area contributed by atoms with E-state index in [1.54, 1.807) is 0 Å². The minimum absolute atomic E-state index is 0.445. The van der Waals surface area contributed by atoms with Crippen LogP contribution in [-0.4, -0.2) is 0 Å². The monoisotopic (exact) mass is 183 g/mol. The molecule has 0 aromatic heterocycles. The summed E-state index contributed by atoms with van der Waals surface area (Å²) >= 11 is 0. The standard InChI is InChI=1S/C10H11F2N/c11-7-2-3-8(9(12)6-7)10(13)4-1-5-10/h2-3,6H,1,4-5,13H2. The molecule has 13 heavy (non-hydrogen) atoms. The van der Waals surface area contributed by atoms with Crippen molar-refractivity contribution in [1.29, 1.82) is 0 Å². The van der Waals surface area contributed by atoms with Crippen molar-refractivity contribution < 1.29 is 8.78 Å². The molecule has 1 aromatic rings. The Hall–Kier alpha value is -0.960. The summed E-state index contributed by atoms with van der Waals surface area (Å²) in [4.78, 5) is 0.